The molecule has 0 saturated heterocycles. The van der Waals surface area contributed by atoms with Crippen LogP contribution in [0.15, 0.2) is 71.2 Å². The molecule has 0 fully saturated rings. The summed E-state index contributed by atoms with van der Waals surface area (Å²) in [6.07, 6.45) is 1.53. The normalized spacial score (nSPS) is 14.1. The second kappa shape index (κ2) is 12.2. The van der Waals surface area contributed by atoms with Gasteiger partial charge < -0.3 is 20.6 Å². The minimum absolute atomic E-state index is 0.00768. The fraction of sp³-hybridized carbons (Fsp3) is 0.241. The molecule has 0 aromatic heterocycles. The molecule has 210 valence electrons. The Labute approximate surface area is 242 Å². The number of fused-ring (bicyclic) bond motifs is 1. The average Bonchev–Trinajstić information content (AvgIpc) is 3.20. The van der Waals surface area contributed by atoms with Gasteiger partial charge in [-0.15, -0.1) is 0 Å². The van der Waals surface area contributed by atoms with Gasteiger partial charge in [0.05, 0.1) is 28.9 Å². The number of carboxylic acids is 1. The zero-order valence-electron chi connectivity index (χ0n) is 22.4. The quantitative estimate of drug-likeness (QED) is 0.263. The molecule has 4 rings (SSSR count). The number of sulfonamides is 1. The fourth-order valence-electron chi connectivity index (χ4n) is 4.44. The molecule has 3 aromatic rings. The molecule has 0 saturated carbocycles. The molecule has 1 aliphatic heterocycles. The van der Waals surface area contributed by atoms with Crippen LogP contribution in [-0.4, -0.2) is 63.7 Å². The van der Waals surface area contributed by atoms with Gasteiger partial charge in [-0.3, -0.25) is 13.9 Å². The third-order valence-electron chi connectivity index (χ3n) is 6.39. The summed E-state index contributed by atoms with van der Waals surface area (Å²) in [5.74, 6) is -1.15. The first-order valence-corrected chi connectivity index (χ1v) is 15.2. The lowest BCUT2D eigenvalue weighted by molar-refractivity contribution is -0.137. The van der Waals surface area contributed by atoms with Crippen molar-refractivity contribution >= 4 is 66.2 Å². The minimum atomic E-state index is -3.49. The Morgan fingerprint density at radius 3 is 2.40 bits per heavy atom. The van der Waals surface area contributed by atoms with Gasteiger partial charge in [0.25, 0.3) is 5.91 Å². The van der Waals surface area contributed by atoms with E-state index in [0.717, 1.165) is 21.2 Å². The highest BCUT2D eigenvalue weighted by molar-refractivity contribution is 9.10. The Morgan fingerprint density at radius 1 is 1.02 bits per heavy atom. The fourth-order valence-corrected chi connectivity index (χ4v) is 5.72. The number of carboxylic acid groups (broad SMARTS) is 1. The molecule has 1 amide bonds. The number of likely N-dealkylation sites (N-methyl/N-ethyl adjacent to an activating group) is 1. The summed E-state index contributed by atoms with van der Waals surface area (Å²) >= 11 is 3.45. The van der Waals surface area contributed by atoms with Crippen molar-refractivity contribution in [2.75, 3.05) is 48.4 Å². The highest BCUT2D eigenvalue weighted by Gasteiger charge is 2.29. The van der Waals surface area contributed by atoms with Gasteiger partial charge in [0.2, 0.25) is 10.0 Å². The third kappa shape index (κ3) is 7.09. The topological polar surface area (TPSA) is 119 Å². The first-order chi connectivity index (χ1) is 18.9. The van der Waals surface area contributed by atoms with Gasteiger partial charge in [-0.2, -0.15) is 0 Å². The van der Waals surface area contributed by atoms with Crippen molar-refractivity contribution in [1.82, 2.24) is 4.90 Å². The summed E-state index contributed by atoms with van der Waals surface area (Å²) in [6.45, 7) is 0.871. The SMILES string of the molecule is CN(C)CCN(c1ccc(NC(=C2C(=O)Nc3cc(Br)ccc32)c2cccc(CCC(=O)O)c2)cc1)S(C)(=O)=O. The lowest BCUT2D eigenvalue weighted by Gasteiger charge is -2.24. The lowest BCUT2D eigenvalue weighted by atomic mass is 9.98. The highest BCUT2D eigenvalue weighted by atomic mass is 79.9. The van der Waals surface area contributed by atoms with Crippen molar-refractivity contribution in [3.63, 3.8) is 0 Å². The maximum absolute atomic E-state index is 13.2. The van der Waals surface area contributed by atoms with Crippen molar-refractivity contribution in [1.29, 1.82) is 0 Å². The first kappa shape index (κ1) is 29.3. The van der Waals surface area contributed by atoms with E-state index in [1.54, 1.807) is 24.3 Å². The Bertz CT molecular complexity index is 1570. The van der Waals surface area contributed by atoms with Crippen LogP contribution < -0.4 is 14.9 Å². The number of carbonyl (C=O) groups is 2. The average molecular weight is 628 g/mol. The Morgan fingerprint density at radius 2 is 1.75 bits per heavy atom. The second-order valence-electron chi connectivity index (χ2n) is 9.80. The smallest absolute Gasteiger partial charge is 0.303 e. The molecule has 0 radical (unpaired) electrons. The van der Waals surface area contributed by atoms with Gasteiger partial charge in [-0.05, 0) is 74.1 Å². The van der Waals surface area contributed by atoms with Gasteiger partial charge in [-0.1, -0.05) is 40.2 Å². The summed E-state index contributed by atoms with van der Waals surface area (Å²) in [5, 5.41) is 15.4. The molecule has 0 atom stereocenters. The van der Waals surface area contributed by atoms with Gasteiger partial charge in [0.1, 0.15) is 0 Å². The number of hydrogen-bond acceptors (Lipinski definition) is 6. The minimum Gasteiger partial charge on any atom is -0.481 e. The number of nitrogens with one attached hydrogen (secondary N) is 2. The van der Waals surface area contributed by atoms with E-state index in [1.807, 2.05) is 61.5 Å². The highest BCUT2D eigenvalue weighted by Crippen LogP contribution is 2.39. The lowest BCUT2D eigenvalue weighted by Crippen LogP contribution is -2.35. The number of amides is 1. The molecule has 40 heavy (non-hydrogen) atoms. The molecular weight excluding hydrogens is 596 g/mol. The zero-order valence-corrected chi connectivity index (χ0v) is 24.8. The molecule has 3 N–H and O–H groups in total. The van der Waals surface area contributed by atoms with Crippen LogP contribution in [0.4, 0.5) is 17.1 Å². The van der Waals surface area contributed by atoms with Gasteiger partial charge >= 0.3 is 5.97 Å². The molecule has 0 spiro atoms. The van der Waals surface area contributed by atoms with Crippen molar-refractivity contribution in [2.45, 2.75) is 12.8 Å². The van der Waals surface area contributed by atoms with E-state index in [9.17, 15) is 18.0 Å². The van der Waals surface area contributed by atoms with E-state index in [4.69, 9.17) is 5.11 Å². The van der Waals surface area contributed by atoms with E-state index >= 15 is 0 Å². The molecule has 0 aliphatic carbocycles. The van der Waals surface area contributed by atoms with Crippen LogP contribution in [0.5, 0.6) is 0 Å². The molecule has 0 bridgehead atoms. The van der Waals surface area contributed by atoms with Crippen LogP contribution in [-0.2, 0) is 26.0 Å². The molecule has 1 heterocycles. The van der Waals surface area contributed by atoms with Crippen molar-refractivity contribution < 1.29 is 23.1 Å². The maximum Gasteiger partial charge on any atom is 0.303 e. The second-order valence-corrected chi connectivity index (χ2v) is 12.6. The summed E-state index contributed by atoms with van der Waals surface area (Å²) in [7, 11) is 0.280. The number of aliphatic carboxylic acids is 1. The van der Waals surface area contributed by atoms with E-state index in [1.165, 1.54) is 10.6 Å². The van der Waals surface area contributed by atoms with Crippen molar-refractivity contribution in [2.24, 2.45) is 0 Å². The molecular formula is C29H31BrN4O5S. The number of halogens is 1. The Hall–Kier alpha value is -3.67. The summed E-state index contributed by atoms with van der Waals surface area (Å²) in [4.78, 5) is 26.3. The van der Waals surface area contributed by atoms with Crippen LogP contribution in [0, 0.1) is 0 Å². The molecule has 0 unspecified atom stereocenters. The van der Waals surface area contributed by atoms with E-state index in [-0.39, 0.29) is 12.3 Å². The Balaban J connectivity index is 1.76. The third-order valence-corrected chi connectivity index (χ3v) is 8.08. The van der Waals surface area contributed by atoms with Crippen molar-refractivity contribution in [3.05, 3.63) is 87.9 Å². The van der Waals surface area contributed by atoms with Crippen LogP contribution in [0.3, 0.4) is 0 Å². The number of aryl methyl sites for hydroxylation is 1. The number of anilines is 3. The van der Waals surface area contributed by atoms with Crippen LogP contribution in [0.25, 0.3) is 11.3 Å². The van der Waals surface area contributed by atoms with Crippen LogP contribution in [0.1, 0.15) is 23.1 Å². The number of hydrogen-bond donors (Lipinski definition) is 3. The van der Waals surface area contributed by atoms with Crippen LogP contribution in [0.2, 0.25) is 0 Å². The predicted octanol–water partition coefficient (Wildman–Crippen LogP) is 4.73. The van der Waals surface area contributed by atoms with Gasteiger partial charge in [0, 0.05) is 35.2 Å². The van der Waals surface area contributed by atoms with Gasteiger partial charge in [0.15, 0.2) is 0 Å². The molecule has 11 heteroatoms. The molecule has 9 nitrogen and oxygen atoms in total. The number of carbonyl (C=O) groups excluding carboxylic acids is 1. The van der Waals surface area contributed by atoms with E-state index in [0.29, 0.717) is 47.8 Å². The Kier molecular flexibility index (Phi) is 8.97. The molecule has 1 aliphatic rings. The number of benzene rings is 3. The standard InChI is InChI=1S/C29H31BrN4O5S/c1-33(2)15-16-34(40(3,38)39)23-11-9-22(10-12-23)31-28(20-6-4-5-19(17-20)7-14-26(35)36)27-24-13-8-21(30)18-25(24)32-29(27)37/h4-6,8-13,17-18,31H,7,14-16H2,1-3H3,(H,32,37)(H,35,36). The van der Waals surface area contributed by atoms with Crippen LogP contribution >= 0.6 is 15.9 Å². The summed E-state index contributed by atoms with van der Waals surface area (Å²) in [5.41, 5.74) is 5.15. The molecule has 3 aromatic carbocycles. The zero-order chi connectivity index (χ0) is 29.0. The van der Waals surface area contributed by atoms with E-state index in [2.05, 4.69) is 26.6 Å². The maximum atomic E-state index is 13.2. The van der Waals surface area contributed by atoms with Crippen molar-refractivity contribution in [3.8, 4) is 0 Å². The predicted molar refractivity (Wildman–Crippen MR) is 163 cm³/mol. The summed E-state index contributed by atoms with van der Waals surface area (Å²) in [6, 6.07) is 20.0. The number of nitrogens with zero attached hydrogens (tertiary/aromatic N) is 2. The van der Waals surface area contributed by atoms with E-state index < -0.39 is 16.0 Å². The summed E-state index contributed by atoms with van der Waals surface area (Å²) < 4.78 is 27.1. The monoisotopic (exact) mass is 626 g/mol. The first-order valence-electron chi connectivity index (χ1n) is 12.6. The van der Waals surface area contributed by atoms with Gasteiger partial charge in [-0.25, -0.2) is 8.42 Å². The number of rotatable bonds is 11. The largest absolute Gasteiger partial charge is 0.481 e.